The van der Waals surface area contributed by atoms with Gasteiger partial charge in [0, 0.05) is 11.5 Å². The van der Waals surface area contributed by atoms with E-state index in [0.717, 1.165) is 24.0 Å². The van der Waals surface area contributed by atoms with Gasteiger partial charge in [-0.25, -0.2) is 0 Å². The first-order chi connectivity index (χ1) is 8.97. The smallest absolute Gasteiger partial charge is 0.187 e. The third-order valence-corrected chi connectivity index (χ3v) is 4.35. The van der Waals surface area contributed by atoms with Crippen molar-refractivity contribution in [2.75, 3.05) is 0 Å². The summed E-state index contributed by atoms with van der Waals surface area (Å²) in [6.45, 7) is 6.26. The Morgan fingerprint density at radius 3 is 2.53 bits per heavy atom. The van der Waals surface area contributed by atoms with E-state index >= 15 is 0 Å². The highest BCUT2D eigenvalue weighted by Gasteiger charge is 2.49. The third-order valence-electron chi connectivity index (χ3n) is 4.35. The molecule has 0 N–H and O–H groups in total. The maximum atomic E-state index is 12.4. The van der Waals surface area contributed by atoms with E-state index in [-0.39, 0.29) is 23.4 Å². The van der Waals surface area contributed by atoms with Crippen LogP contribution in [0.5, 0.6) is 0 Å². The molecule has 2 bridgehead atoms. The van der Waals surface area contributed by atoms with Crippen molar-refractivity contribution in [2.24, 2.45) is 5.92 Å². The molecule has 3 fully saturated rings. The van der Waals surface area contributed by atoms with Crippen LogP contribution in [0.2, 0.25) is 0 Å². The molecule has 2 unspecified atom stereocenters. The first kappa shape index (κ1) is 12.6. The number of carbonyl (C=O) groups is 1. The Morgan fingerprint density at radius 2 is 1.89 bits per heavy atom. The molecule has 2 atom stereocenters. The SMILES string of the molecule is Cc1ccc(/C=C2\C(=O)C3CCC2C(C)(C)O3)cc1. The average Bonchev–Trinajstić information content (AvgIpc) is 2.36. The molecule has 0 aromatic heterocycles. The van der Waals surface area contributed by atoms with Crippen molar-refractivity contribution in [2.45, 2.75) is 45.3 Å². The fourth-order valence-corrected chi connectivity index (χ4v) is 3.26. The molecular formula is C17H20O2. The van der Waals surface area contributed by atoms with Crippen molar-refractivity contribution in [3.63, 3.8) is 0 Å². The zero-order valence-electron chi connectivity index (χ0n) is 11.8. The van der Waals surface area contributed by atoms with Crippen molar-refractivity contribution in [3.05, 3.63) is 41.0 Å². The summed E-state index contributed by atoms with van der Waals surface area (Å²) in [4.78, 5) is 12.4. The second-order valence-electron chi connectivity index (χ2n) is 6.21. The zero-order chi connectivity index (χ0) is 13.6. The number of hydrogen-bond donors (Lipinski definition) is 0. The Morgan fingerprint density at radius 1 is 1.21 bits per heavy atom. The number of ether oxygens (including phenoxy) is 1. The Bertz CT molecular complexity index is 537. The summed E-state index contributed by atoms with van der Waals surface area (Å²) in [6, 6.07) is 8.32. The van der Waals surface area contributed by atoms with Crippen LogP contribution in [0.25, 0.3) is 6.08 Å². The van der Waals surface area contributed by atoms with E-state index in [1.807, 2.05) is 0 Å². The molecule has 1 saturated carbocycles. The van der Waals surface area contributed by atoms with Crippen molar-refractivity contribution >= 4 is 11.9 Å². The van der Waals surface area contributed by atoms with Crippen LogP contribution in [-0.4, -0.2) is 17.5 Å². The van der Waals surface area contributed by atoms with E-state index in [4.69, 9.17) is 4.74 Å². The van der Waals surface area contributed by atoms with Crippen molar-refractivity contribution < 1.29 is 9.53 Å². The predicted molar refractivity (Wildman–Crippen MR) is 75.8 cm³/mol. The van der Waals surface area contributed by atoms with E-state index in [1.54, 1.807) is 0 Å². The molecule has 19 heavy (non-hydrogen) atoms. The predicted octanol–water partition coefficient (Wildman–Crippen LogP) is 3.53. The lowest BCUT2D eigenvalue weighted by molar-refractivity contribution is -0.172. The van der Waals surface area contributed by atoms with Crippen LogP contribution in [-0.2, 0) is 9.53 Å². The molecule has 2 saturated heterocycles. The zero-order valence-corrected chi connectivity index (χ0v) is 11.8. The molecule has 1 aromatic rings. The van der Waals surface area contributed by atoms with E-state index < -0.39 is 0 Å². The lowest BCUT2D eigenvalue weighted by Gasteiger charge is -2.48. The van der Waals surface area contributed by atoms with Gasteiger partial charge in [0.25, 0.3) is 0 Å². The first-order valence-electron chi connectivity index (χ1n) is 6.98. The molecule has 100 valence electrons. The van der Waals surface area contributed by atoms with Crippen molar-refractivity contribution in [1.29, 1.82) is 0 Å². The maximum Gasteiger partial charge on any atom is 0.187 e. The second-order valence-corrected chi connectivity index (χ2v) is 6.21. The normalized spacial score (nSPS) is 30.9. The van der Waals surface area contributed by atoms with E-state index in [9.17, 15) is 4.79 Å². The summed E-state index contributed by atoms with van der Waals surface area (Å²) < 4.78 is 5.88. The highest BCUT2D eigenvalue weighted by Crippen LogP contribution is 2.45. The van der Waals surface area contributed by atoms with Gasteiger partial charge in [-0.15, -0.1) is 0 Å². The number of carbonyl (C=O) groups excluding carboxylic acids is 1. The number of ketones is 1. The van der Waals surface area contributed by atoms with Crippen LogP contribution >= 0.6 is 0 Å². The molecule has 0 amide bonds. The summed E-state index contributed by atoms with van der Waals surface area (Å²) >= 11 is 0. The van der Waals surface area contributed by atoms with Crippen LogP contribution < -0.4 is 0 Å². The van der Waals surface area contributed by atoms with E-state index in [0.29, 0.717) is 0 Å². The standard InChI is InChI=1S/C17H20O2/c1-11-4-6-12(7-5-11)10-13-14-8-9-15(16(13)18)19-17(14,2)3/h4-7,10,14-15H,8-9H2,1-3H3/b13-10-. The fourth-order valence-electron chi connectivity index (χ4n) is 3.26. The maximum absolute atomic E-state index is 12.4. The largest absolute Gasteiger partial charge is 0.364 e. The van der Waals surface area contributed by atoms with Gasteiger partial charge in [0.15, 0.2) is 5.78 Å². The number of aryl methyl sites for hydroxylation is 1. The first-order valence-corrected chi connectivity index (χ1v) is 6.98. The molecule has 1 aliphatic carbocycles. The van der Waals surface area contributed by atoms with Gasteiger partial charge in [-0.3, -0.25) is 4.79 Å². The fraction of sp³-hybridized carbons (Fsp3) is 0.471. The van der Waals surface area contributed by atoms with Gasteiger partial charge in [-0.1, -0.05) is 29.8 Å². The molecule has 1 aromatic carbocycles. The Kier molecular flexibility index (Phi) is 2.86. The molecule has 4 rings (SSSR count). The Labute approximate surface area is 114 Å². The number of benzene rings is 1. The molecular weight excluding hydrogens is 236 g/mol. The number of hydrogen-bond acceptors (Lipinski definition) is 2. The number of Topliss-reactive ketones (excluding diaryl/α,β-unsaturated/α-hetero) is 1. The van der Waals surface area contributed by atoms with Gasteiger partial charge in [0.2, 0.25) is 0 Å². The minimum atomic E-state index is -0.225. The lowest BCUT2D eigenvalue weighted by atomic mass is 9.69. The highest BCUT2D eigenvalue weighted by molar-refractivity contribution is 6.04. The van der Waals surface area contributed by atoms with Crippen LogP contribution in [0.4, 0.5) is 0 Å². The van der Waals surface area contributed by atoms with Crippen molar-refractivity contribution in [1.82, 2.24) is 0 Å². The van der Waals surface area contributed by atoms with Crippen LogP contribution in [0.15, 0.2) is 29.8 Å². The minimum absolute atomic E-state index is 0.191. The lowest BCUT2D eigenvalue weighted by Crippen LogP contribution is -2.54. The van der Waals surface area contributed by atoms with Crippen LogP contribution in [0.3, 0.4) is 0 Å². The Hall–Kier alpha value is -1.41. The van der Waals surface area contributed by atoms with Crippen molar-refractivity contribution in [3.8, 4) is 0 Å². The summed E-state index contributed by atoms with van der Waals surface area (Å²) in [6.07, 6.45) is 3.76. The number of rotatable bonds is 1. The minimum Gasteiger partial charge on any atom is -0.364 e. The summed E-state index contributed by atoms with van der Waals surface area (Å²) in [7, 11) is 0. The average molecular weight is 256 g/mol. The molecule has 3 aliphatic rings. The summed E-state index contributed by atoms with van der Waals surface area (Å²) in [5.41, 5.74) is 3.09. The highest BCUT2D eigenvalue weighted by atomic mass is 16.5. The van der Waals surface area contributed by atoms with E-state index in [1.165, 1.54) is 5.56 Å². The van der Waals surface area contributed by atoms with E-state index in [2.05, 4.69) is 51.1 Å². The van der Waals surface area contributed by atoms with Gasteiger partial charge in [0.05, 0.1) is 5.60 Å². The molecule has 2 heteroatoms. The van der Waals surface area contributed by atoms with Gasteiger partial charge in [-0.05, 0) is 45.3 Å². The third kappa shape index (κ3) is 2.14. The second kappa shape index (κ2) is 4.31. The van der Waals surface area contributed by atoms with Gasteiger partial charge < -0.3 is 4.74 Å². The quantitative estimate of drug-likeness (QED) is 0.718. The molecule has 2 heterocycles. The molecule has 0 spiro atoms. The molecule has 0 radical (unpaired) electrons. The molecule has 2 nitrogen and oxygen atoms in total. The van der Waals surface area contributed by atoms with Gasteiger partial charge in [0.1, 0.15) is 6.10 Å². The Balaban J connectivity index is 1.99. The summed E-state index contributed by atoms with van der Waals surface area (Å²) in [5.74, 6) is 0.419. The van der Waals surface area contributed by atoms with Gasteiger partial charge in [-0.2, -0.15) is 0 Å². The number of fused-ring (bicyclic) bond motifs is 3. The van der Waals surface area contributed by atoms with Gasteiger partial charge >= 0.3 is 0 Å². The topological polar surface area (TPSA) is 26.3 Å². The molecule has 2 aliphatic heterocycles. The van der Waals surface area contributed by atoms with Crippen LogP contribution in [0, 0.1) is 12.8 Å². The van der Waals surface area contributed by atoms with Crippen LogP contribution in [0.1, 0.15) is 37.8 Å². The monoisotopic (exact) mass is 256 g/mol. The summed E-state index contributed by atoms with van der Waals surface area (Å²) in [5, 5.41) is 0.